The largest absolute Gasteiger partial charge is 0.361 e. The van der Waals surface area contributed by atoms with E-state index in [1.54, 1.807) is 12.3 Å². The normalized spacial score (nSPS) is 15.5. The number of aromatic nitrogens is 2. The lowest BCUT2D eigenvalue weighted by Crippen LogP contribution is -2.31. The highest BCUT2D eigenvalue weighted by atomic mass is 16.5. The number of hydrogen-bond acceptors (Lipinski definition) is 4. The van der Waals surface area contributed by atoms with Gasteiger partial charge in [-0.3, -0.25) is 9.78 Å². The van der Waals surface area contributed by atoms with Gasteiger partial charge in [-0.1, -0.05) is 18.1 Å². The van der Waals surface area contributed by atoms with Crippen LogP contribution >= 0.6 is 0 Å². The summed E-state index contributed by atoms with van der Waals surface area (Å²) < 4.78 is 5.19. The number of nitrogens with one attached hydrogen (secondary N) is 1. The van der Waals surface area contributed by atoms with E-state index >= 15 is 0 Å². The summed E-state index contributed by atoms with van der Waals surface area (Å²) in [6.45, 7) is 4.09. The summed E-state index contributed by atoms with van der Waals surface area (Å²) in [5.74, 6) is 1.04. The first-order chi connectivity index (χ1) is 10.7. The molecule has 1 saturated carbocycles. The van der Waals surface area contributed by atoms with Crippen molar-refractivity contribution >= 4 is 5.91 Å². The molecule has 2 aromatic rings. The molecule has 5 nitrogen and oxygen atoms in total. The van der Waals surface area contributed by atoms with Crippen LogP contribution in [0.5, 0.6) is 0 Å². The molecule has 2 heterocycles. The van der Waals surface area contributed by atoms with E-state index in [0.717, 1.165) is 42.7 Å². The van der Waals surface area contributed by atoms with Gasteiger partial charge in [0.15, 0.2) is 5.69 Å². The summed E-state index contributed by atoms with van der Waals surface area (Å²) in [5.41, 5.74) is 2.41. The Labute approximate surface area is 130 Å². The van der Waals surface area contributed by atoms with Crippen molar-refractivity contribution in [3.05, 3.63) is 47.1 Å². The first kappa shape index (κ1) is 14.8. The van der Waals surface area contributed by atoms with Gasteiger partial charge in [-0.25, -0.2) is 0 Å². The third-order valence-electron chi connectivity index (χ3n) is 4.01. The summed E-state index contributed by atoms with van der Waals surface area (Å²) in [4.78, 5) is 16.9. The van der Waals surface area contributed by atoms with Gasteiger partial charge in [0, 0.05) is 18.7 Å². The van der Waals surface area contributed by atoms with Crippen LogP contribution in [0.1, 0.15) is 59.7 Å². The third kappa shape index (κ3) is 3.18. The van der Waals surface area contributed by atoms with Gasteiger partial charge >= 0.3 is 0 Å². The number of amides is 1. The molecule has 22 heavy (non-hydrogen) atoms. The molecule has 0 spiro atoms. The zero-order chi connectivity index (χ0) is 15.5. The molecule has 0 aliphatic heterocycles. The Morgan fingerprint density at radius 1 is 1.50 bits per heavy atom. The number of carbonyl (C=O) groups excluding carboxylic acids is 1. The minimum Gasteiger partial charge on any atom is -0.361 e. The van der Waals surface area contributed by atoms with Crippen LogP contribution in [0.15, 0.2) is 28.9 Å². The Morgan fingerprint density at radius 2 is 2.32 bits per heavy atom. The number of nitrogens with zero attached hydrogens (tertiary/aromatic N) is 2. The average Bonchev–Trinajstić information content (AvgIpc) is 3.25. The molecule has 1 aliphatic carbocycles. The van der Waals surface area contributed by atoms with Crippen molar-refractivity contribution in [2.24, 2.45) is 5.92 Å². The van der Waals surface area contributed by atoms with Crippen LogP contribution in [0.25, 0.3) is 0 Å². The SMILES string of the molecule is CCCc1cc(C(=O)N[C@@H](c2ncccc2C)C2CC2)no1. The molecule has 0 bridgehead atoms. The van der Waals surface area contributed by atoms with E-state index in [1.165, 1.54) is 0 Å². The summed E-state index contributed by atoms with van der Waals surface area (Å²) in [6.07, 6.45) is 5.79. The molecule has 1 N–H and O–H groups in total. The maximum atomic E-state index is 12.4. The fourth-order valence-electron chi connectivity index (χ4n) is 2.66. The van der Waals surface area contributed by atoms with Gasteiger partial charge < -0.3 is 9.84 Å². The average molecular weight is 299 g/mol. The second-order valence-electron chi connectivity index (χ2n) is 5.92. The van der Waals surface area contributed by atoms with Gasteiger partial charge in [0.2, 0.25) is 0 Å². The number of pyridine rings is 1. The summed E-state index contributed by atoms with van der Waals surface area (Å²) in [6, 6.07) is 5.63. The van der Waals surface area contributed by atoms with Crippen molar-refractivity contribution in [1.82, 2.24) is 15.5 Å². The molecule has 0 radical (unpaired) electrons. The van der Waals surface area contributed by atoms with Crippen molar-refractivity contribution in [3.63, 3.8) is 0 Å². The van der Waals surface area contributed by atoms with Crippen molar-refractivity contribution in [2.75, 3.05) is 0 Å². The molecule has 1 atom stereocenters. The predicted octanol–water partition coefficient (Wildman–Crippen LogP) is 3.21. The molecular weight excluding hydrogens is 278 g/mol. The molecule has 1 amide bonds. The number of aryl methyl sites for hydroxylation is 2. The molecule has 116 valence electrons. The fraction of sp³-hybridized carbons (Fsp3) is 0.471. The van der Waals surface area contributed by atoms with E-state index in [-0.39, 0.29) is 11.9 Å². The zero-order valence-electron chi connectivity index (χ0n) is 13.0. The second-order valence-corrected chi connectivity index (χ2v) is 5.92. The quantitative estimate of drug-likeness (QED) is 0.889. The topological polar surface area (TPSA) is 68.0 Å². The highest BCUT2D eigenvalue weighted by molar-refractivity contribution is 5.92. The van der Waals surface area contributed by atoms with Crippen molar-refractivity contribution in [1.29, 1.82) is 0 Å². The van der Waals surface area contributed by atoms with Crippen molar-refractivity contribution in [3.8, 4) is 0 Å². The molecule has 2 aromatic heterocycles. The molecule has 0 aromatic carbocycles. The highest BCUT2D eigenvalue weighted by Crippen LogP contribution is 2.41. The Hall–Kier alpha value is -2.17. The zero-order valence-corrected chi connectivity index (χ0v) is 13.0. The van der Waals surface area contributed by atoms with E-state index in [2.05, 4.69) is 22.4 Å². The van der Waals surface area contributed by atoms with Crippen LogP contribution in [0.2, 0.25) is 0 Å². The Morgan fingerprint density at radius 3 is 3.00 bits per heavy atom. The predicted molar refractivity (Wildman–Crippen MR) is 82.4 cm³/mol. The maximum absolute atomic E-state index is 12.4. The minimum absolute atomic E-state index is 0.0416. The van der Waals surface area contributed by atoms with Gasteiger partial charge in [0.1, 0.15) is 5.76 Å². The molecular formula is C17H21N3O2. The third-order valence-corrected chi connectivity index (χ3v) is 4.01. The monoisotopic (exact) mass is 299 g/mol. The molecule has 1 aliphatic rings. The molecule has 5 heteroatoms. The van der Waals surface area contributed by atoms with E-state index in [4.69, 9.17) is 4.52 Å². The molecule has 3 rings (SSSR count). The van der Waals surface area contributed by atoms with E-state index in [0.29, 0.717) is 11.6 Å². The highest BCUT2D eigenvalue weighted by Gasteiger charge is 2.35. The van der Waals surface area contributed by atoms with Crippen LogP contribution in [-0.2, 0) is 6.42 Å². The molecule has 0 saturated heterocycles. The van der Waals surface area contributed by atoms with Gasteiger partial charge in [0.25, 0.3) is 5.91 Å². The standard InChI is InChI=1S/C17H21N3O2/c1-3-5-13-10-14(20-22-13)17(21)19-16(12-7-8-12)15-11(2)6-4-9-18-15/h4,6,9-10,12,16H,3,5,7-8H2,1-2H3,(H,19,21)/t16-/m1/s1. The molecule has 0 unspecified atom stereocenters. The number of rotatable bonds is 6. The Kier molecular flexibility index (Phi) is 4.22. The Bertz CT molecular complexity index is 661. The van der Waals surface area contributed by atoms with Crippen molar-refractivity contribution < 1.29 is 9.32 Å². The van der Waals surface area contributed by atoms with Gasteiger partial charge in [0.05, 0.1) is 11.7 Å². The molecule has 1 fully saturated rings. The van der Waals surface area contributed by atoms with E-state index in [9.17, 15) is 4.79 Å². The van der Waals surface area contributed by atoms with E-state index < -0.39 is 0 Å². The van der Waals surface area contributed by atoms with Gasteiger partial charge in [-0.2, -0.15) is 0 Å². The minimum atomic E-state index is -0.187. The Balaban J connectivity index is 1.76. The van der Waals surface area contributed by atoms with Crippen LogP contribution in [0, 0.1) is 12.8 Å². The van der Waals surface area contributed by atoms with Crippen LogP contribution in [0.3, 0.4) is 0 Å². The van der Waals surface area contributed by atoms with Crippen molar-refractivity contribution in [2.45, 2.75) is 45.6 Å². The van der Waals surface area contributed by atoms with Crippen LogP contribution in [0.4, 0.5) is 0 Å². The maximum Gasteiger partial charge on any atom is 0.274 e. The lowest BCUT2D eigenvalue weighted by molar-refractivity contribution is 0.0921. The number of hydrogen-bond donors (Lipinski definition) is 1. The van der Waals surface area contributed by atoms with Gasteiger partial charge in [-0.05, 0) is 43.7 Å². The lowest BCUT2D eigenvalue weighted by atomic mass is 10.0. The second kappa shape index (κ2) is 6.30. The summed E-state index contributed by atoms with van der Waals surface area (Å²) in [5, 5.41) is 6.96. The summed E-state index contributed by atoms with van der Waals surface area (Å²) >= 11 is 0. The first-order valence-electron chi connectivity index (χ1n) is 7.87. The lowest BCUT2D eigenvalue weighted by Gasteiger charge is -2.18. The van der Waals surface area contributed by atoms with Crippen LogP contribution < -0.4 is 5.32 Å². The van der Waals surface area contributed by atoms with E-state index in [1.807, 2.05) is 19.1 Å². The first-order valence-corrected chi connectivity index (χ1v) is 7.87. The fourth-order valence-corrected chi connectivity index (χ4v) is 2.66. The number of carbonyl (C=O) groups is 1. The summed E-state index contributed by atoms with van der Waals surface area (Å²) in [7, 11) is 0. The van der Waals surface area contributed by atoms with Crippen LogP contribution in [-0.4, -0.2) is 16.0 Å². The smallest absolute Gasteiger partial charge is 0.274 e. The van der Waals surface area contributed by atoms with Gasteiger partial charge in [-0.15, -0.1) is 0 Å².